The summed E-state index contributed by atoms with van der Waals surface area (Å²) in [5.74, 6) is 0.901. The molecule has 80 valence electrons. The van der Waals surface area contributed by atoms with E-state index in [1.54, 1.807) is 0 Å². The highest BCUT2D eigenvalue weighted by atomic mass is 16.3. The molecule has 0 radical (unpaired) electrons. The SMILES string of the molecule is O=C1CCCC[C@H]1[C@@H]1CCCC[C@H]1O. The first-order valence-electron chi connectivity index (χ1n) is 6.00. The molecule has 0 aromatic rings. The minimum Gasteiger partial charge on any atom is -0.393 e. The van der Waals surface area contributed by atoms with Gasteiger partial charge in [-0.25, -0.2) is 0 Å². The van der Waals surface area contributed by atoms with Crippen molar-refractivity contribution < 1.29 is 9.90 Å². The van der Waals surface area contributed by atoms with Crippen LogP contribution in [-0.4, -0.2) is 17.0 Å². The number of aliphatic hydroxyl groups is 1. The lowest BCUT2D eigenvalue weighted by Gasteiger charge is -2.35. The number of carbonyl (C=O) groups excluding carboxylic acids is 1. The summed E-state index contributed by atoms with van der Waals surface area (Å²) in [7, 11) is 0. The molecule has 2 fully saturated rings. The molecule has 3 atom stereocenters. The van der Waals surface area contributed by atoms with E-state index >= 15 is 0 Å². The zero-order valence-electron chi connectivity index (χ0n) is 8.74. The van der Waals surface area contributed by atoms with Crippen molar-refractivity contribution in [3.63, 3.8) is 0 Å². The van der Waals surface area contributed by atoms with Crippen LogP contribution < -0.4 is 0 Å². The van der Waals surface area contributed by atoms with Crippen LogP contribution in [0.5, 0.6) is 0 Å². The van der Waals surface area contributed by atoms with Crippen molar-refractivity contribution in [2.45, 2.75) is 57.5 Å². The highest BCUT2D eigenvalue weighted by Crippen LogP contribution is 2.36. The summed E-state index contributed by atoms with van der Waals surface area (Å²) in [6, 6.07) is 0. The van der Waals surface area contributed by atoms with E-state index in [9.17, 15) is 9.90 Å². The van der Waals surface area contributed by atoms with E-state index < -0.39 is 0 Å². The Balaban J connectivity index is 2.00. The molecule has 0 spiro atoms. The van der Waals surface area contributed by atoms with Crippen molar-refractivity contribution in [2.24, 2.45) is 11.8 Å². The molecule has 2 saturated carbocycles. The number of hydrogen-bond acceptors (Lipinski definition) is 2. The summed E-state index contributed by atoms with van der Waals surface area (Å²) in [5.41, 5.74) is 0. The minimum atomic E-state index is -0.198. The van der Waals surface area contributed by atoms with Gasteiger partial charge in [0.25, 0.3) is 0 Å². The smallest absolute Gasteiger partial charge is 0.136 e. The Kier molecular flexibility index (Phi) is 3.22. The van der Waals surface area contributed by atoms with Gasteiger partial charge in [-0.05, 0) is 31.6 Å². The molecule has 2 aliphatic carbocycles. The van der Waals surface area contributed by atoms with Gasteiger partial charge in [0, 0.05) is 12.3 Å². The Hall–Kier alpha value is -0.370. The molecular weight excluding hydrogens is 176 g/mol. The molecular formula is C12H20O2. The van der Waals surface area contributed by atoms with E-state index in [4.69, 9.17) is 0 Å². The van der Waals surface area contributed by atoms with Crippen molar-refractivity contribution >= 4 is 5.78 Å². The number of ketones is 1. The normalized spacial score (nSPS) is 39.8. The second kappa shape index (κ2) is 4.43. The Morgan fingerprint density at radius 3 is 2.43 bits per heavy atom. The molecule has 0 unspecified atom stereocenters. The van der Waals surface area contributed by atoms with Gasteiger partial charge in [-0.3, -0.25) is 4.79 Å². The van der Waals surface area contributed by atoms with Gasteiger partial charge in [0.2, 0.25) is 0 Å². The van der Waals surface area contributed by atoms with Crippen molar-refractivity contribution in [2.75, 3.05) is 0 Å². The summed E-state index contributed by atoms with van der Waals surface area (Å²) < 4.78 is 0. The van der Waals surface area contributed by atoms with Crippen LogP contribution in [0.4, 0.5) is 0 Å². The maximum atomic E-state index is 11.7. The topological polar surface area (TPSA) is 37.3 Å². The fraction of sp³-hybridized carbons (Fsp3) is 0.917. The third-order valence-corrected chi connectivity index (χ3v) is 3.90. The van der Waals surface area contributed by atoms with Crippen molar-refractivity contribution in [3.05, 3.63) is 0 Å². The summed E-state index contributed by atoms with van der Waals surface area (Å²) >= 11 is 0. The highest BCUT2D eigenvalue weighted by molar-refractivity contribution is 5.82. The monoisotopic (exact) mass is 196 g/mol. The summed E-state index contributed by atoms with van der Waals surface area (Å²) in [6.45, 7) is 0. The van der Waals surface area contributed by atoms with Crippen LogP contribution in [0.3, 0.4) is 0 Å². The van der Waals surface area contributed by atoms with Crippen LogP contribution in [0.15, 0.2) is 0 Å². The molecule has 0 aromatic carbocycles. The van der Waals surface area contributed by atoms with Crippen LogP contribution in [0.2, 0.25) is 0 Å². The van der Waals surface area contributed by atoms with Gasteiger partial charge in [0.15, 0.2) is 0 Å². The fourth-order valence-electron chi connectivity index (χ4n) is 3.07. The van der Waals surface area contributed by atoms with Gasteiger partial charge < -0.3 is 5.11 Å². The lowest BCUT2D eigenvalue weighted by atomic mass is 9.71. The minimum absolute atomic E-state index is 0.194. The third-order valence-electron chi connectivity index (χ3n) is 3.90. The first-order valence-corrected chi connectivity index (χ1v) is 6.00. The average Bonchev–Trinajstić information content (AvgIpc) is 2.20. The Morgan fingerprint density at radius 1 is 1.00 bits per heavy atom. The average molecular weight is 196 g/mol. The van der Waals surface area contributed by atoms with Gasteiger partial charge in [0.05, 0.1) is 6.10 Å². The Bertz CT molecular complexity index is 212. The van der Waals surface area contributed by atoms with E-state index in [1.165, 1.54) is 12.8 Å². The maximum absolute atomic E-state index is 11.7. The summed E-state index contributed by atoms with van der Waals surface area (Å²) in [6.07, 6.45) is 8.15. The fourth-order valence-corrected chi connectivity index (χ4v) is 3.07. The number of rotatable bonds is 1. The van der Waals surface area contributed by atoms with E-state index in [0.29, 0.717) is 5.78 Å². The van der Waals surface area contributed by atoms with Gasteiger partial charge in [-0.15, -0.1) is 0 Å². The maximum Gasteiger partial charge on any atom is 0.136 e. The molecule has 14 heavy (non-hydrogen) atoms. The lowest BCUT2D eigenvalue weighted by Crippen LogP contribution is -2.36. The van der Waals surface area contributed by atoms with Crippen LogP contribution >= 0.6 is 0 Å². The molecule has 0 bridgehead atoms. The first kappa shape index (κ1) is 10.2. The lowest BCUT2D eigenvalue weighted by molar-refractivity contribution is -0.129. The molecule has 2 nitrogen and oxygen atoms in total. The van der Waals surface area contributed by atoms with E-state index in [1.807, 2.05) is 0 Å². The predicted octanol–water partition coefficient (Wildman–Crippen LogP) is 2.30. The Morgan fingerprint density at radius 2 is 1.71 bits per heavy atom. The van der Waals surface area contributed by atoms with Gasteiger partial charge in [0.1, 0.15) is 5.78 Å². The van der Waals surface area contributed by atoms with Crippen molar-refractivity contribution in [1.82, 2.24) is 0 Å². The first-order chi connectivity index (χ1) is 6.79. The van der Waals surface area contributed by atoms with Crippen LogP contribution in [0.25, 0.3) is 0 Å². The third kappa shape index (κ3) is 2.00. The van der Waals surface area contributed by atoms with Crippen molar-refractivity contribution in [1.29, 1.82) is 0 Å². The van der Waals surface area contributed by atoms with Gasteiger partial charge in [-0.2, -0.15) is 0 Å². The Labute approximate surface area is 85.7 Å². The summed E-state index contributed by atoms with van der Waals surface area (Å²) in [5, 5.41) is 9.89. The number of hydrogen-bond donors (Lipinski definition) is 1. The number of carbonyl (C=O) groups is 1. The zero-order valence-corrected chi connectivity index (χ0v) is 8.74. The molecule has 2 rings (SSSR count). The molecule has 0 amide bonds. The zero-order chi connectivity index (χ0) is 9.97. The molecule has 0 aliphatic heterocycles. The van der Waals surface area contributed by atoms with E-state index in [0.717, 1.165) is 38.5 Å². The second-order valence-corrected chi connectivity index (χ2v) is 4.83. The predicted molar refractivity (Wildman–Crippen MR) is 54.9 cm³/mol. The standard InChI is InChI=1S/C12H20O2/c13-11-7-3-1-5-9(11)10-6-2-4-8-12(10)14/h9-11,13H,1-8H2/t9-,10-,11+/m0/s1. The molecule has 0 saturated heterocycles. The van der Waals surface area contributed by atoms with Crippen molar-refractivity contribution in [3.8, 4) is 0 Å². The van der Waals surface area contributed by atoms with Gasteiger partial charge in [-0.1, -0.05) is 19.3 Å². The largest absolute Gasteiger partial charge is 0.393 e. The number of aliphatic hydroxyl groups excluding tert-OH is 1. The summed E-state index contributed by atoms with van der Waals surface area (Å²) in [4.78, 5) is 11.7. The molecule has 0 heterocycles. The van der Waals surface area contributed by atoms with E-state index in [2.05, 4.69) is 0 Å². The van der Waals surface area contributed by atoms with E-state index in [-0.39, 0.29) is 17.9 Å². The van der Waals surface area contributed by atoms with Crippen LogP contribution in [-0.2, 0) is 4.79 Å². The quantitative estimate of drug-likeness (QED) is 0.698. The number of Topliss-reactive ketones (excluding diaryl/α,β-unsaturated/α-hetero) is 1. The van der Waals surface area contributed by atoms with Crippen LogP contribution in [0.1, 0.15) is 51.4 Å². The van der Waals surface area contributed by atoms with Gasteiger partial charge >= 0.3 is 0 Å². The molecule has 0 aromatic heterocycles. The molecule has 1 N–H and O–H groups in total. The second-order valence-electron chi connectivity index (χ2n) is 4.83. The van der Waals surface area contributed by atoms with Crippen LogP contribution in [0, 0.1) is 11.8 Å². The molecule has 2 heteroatoms. The molecule has 2 aliphatic rings. The highest BCUT2D eigenvalue weighted by Gasteiger charge is 2.35.